The molecule has 5 aromatic rings. The van der Waals surface area contributed by atoms with Gasteiger partial charge in [-0.15, -0.1) is 10.2 Å². The quantitative estimate of drug-likeness (QED) is 0.184. The normalized spacial score (nSPS) is 11.1. The van der Waals surface area contributed by atoms with E-state index in [0.29, 0.717) is 51.2 Å². The summed E-state index contributed by atoms with van der Waals surface area (Å²) in [5, 5.41) is 28.5. The summed E-state index contributed by atoms with van der Waals surface area (Å²) in [7, 11) is 1.32. The minimum absolute atomic E-state index is 0.189. The molecular formula is C29H23ClN8O2. The summed E-state index contributed by atoms with van der Waals surface area (Å²) in [6.07, 6.45) is 0. The van der Waals surface area contributed by atoms with Gasteiger partial charge in [-0.1, -0.05) is 60.1 Å². The van der Waals surface area contributed by atoms with Crippen molar-refractivity contribution in [1.29, 1.82) is 5.26 Å². The Kier molecular flexibility index (Phi) is 7.39. The van der Waals surface area contributed by atoms with E-state index in [1.54, 1.807) is 48.0 Å². The number of nitriles is 1. The number of anilines is 1. The zero-order valence-corrected chi connectivity index (χ0v) is 22.4. The first kappa shape index (κ1) is 26.3. The van der Waals surface area contributed by atoms with Crippen LogP contribution in [0.3, 0.4) is 0 Å². The molecule has 0 saturated carbocycles. The molecule has 198 valence electrons. The topological polar surface area (TPSA) is 136 Å². The fourth-order valence-electron chi connectivity index (χ4n) is 4.18. The first-order valence-electron chi connectivity index (χ1n) is 12.2. The average Bonchev–Trinajstić information content (AvgIpc) is 3.46. The molecule has 10 nitrogen and oxygen atoms in total. The lowest BCUT2D eigenvalue weighted by molar-refractivity contribution is 0.0600. The summed E-state index contributed by atoms with van der Waals surface area (Å²) in [5.41, 5.74) is 10.6. The van der Waals surface area contributed by atoms with Crippen LogP contribution in [-0.4, -0.2) is 32.6 Å². The second-order valence-electron chi connectivity index (χ2n) is 8.75. The largest absolute Gasteiger partial charge is 0.465 e. The van der Waals surface area contributed by atoms with Gasteiger partial charge in [0.1, 0.15) is 17.3 Å². The Morgan fingerprint density at radius 1 is 1.02 bits per heavy atom. The number of aromatic nitrogens is 4. The van der Waals surface area contributed by atoms with Crippen molar-refractivity contribution in [2.45, 2.75) is 13.5 Å². The summed E-state index contributed by atoms with van der Waals surface area (Å²) in [5.74, 6) is 0.0272. The lowest BCUT2D eigenvalue weighted by Crippen LogP contribution is -2.04. The van der Waals surface area contributed by atoms with Crippen molar-refractivity contribution < 1.29 is 9.53 Å². The van der Waals surface area contributed by atoms with Crippen LogP contribution in [0.25, 0.3) is 16.9 Å². The van der Waals surface area contributed by atoms with E-state index in [1.807, 2.05) is 42.5 Å². The highest BCUT2D eigenvalue weighted by molar-refractivity contribution is 6.33. The number of ether oxygens (including phenoxy) is 1. The number of nitrogens with zero attached hydrogens (tertiary/aromatic N) is 7. The molecule has 0 radical (unpaired) electrons. The third-order valence-electron chi connectivity index (χ3n) is 6.19. The molecule has 0 aliphatic rings. The van der Waals surface area contributed by atoms with Crippen LogP contribution in [-0.2, 0) is 11.3 Å². The summed E-state index contributed by atoms with van der Waals surface area (Å²) >= 11 is 6.52. The maximum absolute atomic E-state index is 11.9. The molecule has 40 heavy (non-hydrogen) atoms. The zero-order valence-electron chi connectivity index (χ0n) is 21.6. The van der Waals surface area contributed by atoms with E-state index >= 15 is 0 Å². The number of azo groups is 1. The zero-order chi connectivity index (χ0) is 28.2. The Morgan fingerprint density at radius 2 is 1.73 bits per heavy atom. The number of rotatable bonds is 7. The molecular weight excluding hydrogens is 528 g/mol. The predicted molar refractivity (Wildman–Crippen MR) is 151 cm³/mol. The molecule has 0 atom stereocenters. The van der Waals surface area contributed by atoms with Gasteiger partial charge >= 0.3 is 5.97 Å². The van der Waals surface area contributed by atoms with Gasteiger partial charge in [0.15, 0.2) is 17.3 Å². The molecule has 0 bridgehead atoms. The van der Waals surface area contributed by atoms with Crippen LogP contribution >= 0.6 is 11.6 Å². The van der Waals surface area contributed by atoms with Crippen LogP contribution < -0.4 is 5.73 Å². The fourth-order valence-corrected chi connectivity index (χ4v) is 4.40. The van der Waals surface area contributed by atoms with Gasteiger partial charge in [-0.25, -0.2) is 14.2 Å². The van der Waals surface area contributed by atoms with Crippen molar-refractivity contribution in [3.8, 4) is 23.0 Å². The molecule has 2 heterocycles. The van der Waals surface area contributed by atoms with Gasteiger partial charge in [0.05, 0.1) is 35.6 Å². The summed E-state index contributed by atoms with van der Waals surface area (Å²) in [6, 6.07) is 25.7. The molecule has 2 aromatic heterocycles. The van der Waals surface area contributed by atoms with Crippen LogP contribution in [0, 0.1) is 18.3 Å². The van der Waals surface area contributed by atoms with Crippen LogP contribution in [0.5, 0.6) is 0 Å². The van der Waals surface area contributed by atoms with Crippen molar-refractivity contribution in [2.24, 2.45) is 10.2 Å². The molecule has 0 unspecified atom stereocenters. The van der Waals surface area contributed by atoms with E-state index in [4.69, 9.17) is 27.2 Å². The lowest BCUT2D eigenvalue weighted by atomic mass is 10.1. The molecule has 0 amide bonds. The van der Waals surface area contributed by atoms with E-state index in [1.165, 1.54) is 11.8 Å². The lowest BCUT2D eigenvalue weighted by Gasteiger charge is -2.05. The Morgan fingerprint density at radius 3 is 2.40 bits per heavy atom. The maximum Gasteiger partial charge on any atom is 0.337 e. The molecule has 5 rings (SSSR count). The Labute approximate surface area is 234 Å². The van der Waals surface area contributed by atoms with Crippen LogP contribution in [0.15, 0.2) is 89.1 Å². The van der Waals surface area contributed by atoms with E-state index < -0.39 is 5.97 Å². The third kappa shape index (κ3) is 5.06. The Hall–Kier alpha value is -5.27. The number of hydrogen-bond acceptors (Lipinski definition) is 8. The molecule has 2 N–H and O–H groups in total. The molecule has 11 heteroatoms. The predicted octanol–water partition coefficient (Wildman–Crippen LogP) is 6.40. The highest BCUT2D eigenvalue weighted by Crippen LogP contribution is 2.40. The van der Waals surface area contributed by atoms with Crippen molar-refractivity contribution >= 4 is 34.9 Å². The number of aryl methyl sites for hydroxylation is 1. The summed E-state index contributed by atoms with van der Waals surface area (Å²) in [6.45, 7) is 2.15. The minimum Gasteiger partial charge on any atom is -0.465 e. The van der Waals surface area contributed by atoms with Crippen molar-refractivity contribution in [3.05, 3.63) is 106 Å². The highest BCUT2D eigenvalue weighted by atomic mass is 35.5. The first-order chi connectivity index (χ1) is 19.4. The van der Waals surface area contributed by atoms with Crippen LogP contribution in [0.2, 0.25) is 5.02 Å². The minimum atomic E-state index is -0.457. The van der Waals surface area contributed by atoms with E-state index in [2.05, 4.69) is 21.4 Å². The number of hydrogen-bond donors (Lipinski definition) is 1. The number of carbonyl (C=O) groups excluding carboxylic acids is 1. The first-order valence-corrected chi connectivity index (χ1v) is 12.5. The number of carbonyl (C=O) groups is 1. The van der Waals surface area contributed by atoms with Gasteiger partial charge in [0, 0.05) is 5.56 Å². The monoisotopic (exact) mass is 550 g/mol. The SMILES string of the molecule is COC(=O)c1ccc(-n2nc(-c3ccccc3Cl)c(N=Nc3c(C#N)c(C)nn3Cc3ccccc3)c2N)cc1. The van der Waals surface area contributed by atoms with Gasteiger partial charge in [-0.3, -0.25) is 0 Å². The van der Waals surface area contributed by atoms with E-state index in [0.717, 1.165) is 5.56 Å². The number of benzene rings is 3. The van der Waals surface area contributed by atoms with Gasteiger partial charge in [-0.2, -0.15) is 15.5 Å². The molecule has 0 fully saturated rings. The number of nitrogens with two attached hydrogens (primary N) is 1. The standard InChI is InChI=1S/C29H23ClN8O2/c1-18-23(16-31)28(37(35-18)17-19-8-4-3-5-9-19)34-33-26-25(22-10-6-7-11-24(22)30)36-38(27(26)32)21-14-12-20(13-15-21)29(39)40-2/h3-15H,17,32H2,1-2H3. The molecule has 0 aliphatic carbocycles. The fraction of sp³-hybridized carbons (Fsp3) is 0.103. The summed E-state index contributed by atoms with van der Waals surface area (Å²) < 4.78 is 7.91. The number of methoxy groups -OCH3 is 1. The second-order valence-corrected chi connectivity index (χ2v) is 9.16. The van der Waals surface area contributed by atoms with Crippen molar-refractivity contribution in [1.82, 2.24) is 19.6 Å². The molecule has 0 aliphatic heterocycles. The number of nitrogen functional groups attached to an aromatic ring is 1. The maximum atomic E-state index is 11.9. The Balaban J connectivity index is 1.63. The number of halogens is 1. The number of esters is 1. The van der Waals surface area contributed by atoms with E-state index in [9.17, 15) is 10.1 Å². The second kappa shape index (κ2) is 11.2. The van der Waals surface area contributed by atoms with Crippen molar-refractivity contribution in [3.63, 3.8) is 0 Å². The average molecular weight is 551 g/mol. The molecule has 0 spiro atoms. The smallest absolute Gasteiger partial charge is 0.337 e. The van der Waals surface area contributed by atoms with Gasteiger partial charge < -0.3 is 10.5 Å². The van der Waals surface area contributed by atoms with Crippen LogP contribution in [0.4, 0.5) is 17.3 Å². The summed E-state index contributed by atoms with van der Waals surface area (Å²) in [4.78, 5) is 11.9. The van der Waals surface area contributed by atoms with Gasteiger partial charge in [0.2, 0.25) is 0 Å². The van der Waals surface area contributed by atoms with Crippen LogP contribution in [0.1, 0.15) is 27.2 Å². The van der Waals surface area contributed by atoms with Gasteiger partial charge in [0.25, 0.3) is 0 Å². The Bertz CT molecular complexity index is 1770. The molecule has 0 saturated heterocycles. The van der Waals surface area contributed by atoms with Gasteiger partial charge in [-0.05, 0) is 42.8 Å². The molecule has 3 aromatic carbocycles. The highest BCUT2D eigenvalue weighted by Gasteiger charge is 2.22. The van der Waals surface area contributed by atoms with Crippen molar-refractivity contribution in [2.75, 3.05) is 12.8 Å². The van der Waals surface area contributed by atoms with E-state index in [-0.39, 0.29) is 11.5 Å². The third-order valence-corrected chi connectivity index (χ3v) is 6.52.